The van der Waals surface area contributed by atoms with Gasteiger partial charge in [0.25, 0.3) is 0 Å². The van der Waals surface area contributed by atoms with Crippen LogP contribution in [0.2, 0.25) is 0 Å². The van der Waals surface area contributed by atoms with Crippen LogP contribution in [0, 0.1) is 12.8 Å². The molecule has 3 atom stereocenters. The Hall–Kier alpha value is -1.06. The van der Waals surface area contributed by atoms with Gasteiger partial charge in [-0.1, -0.05) is 43.7 Å². The van der Waals surface area contributed by atoms with E-state index >= 15 is 0 Å². The molecule has 0 heterocycles. The molecule has 0 aliphatic carbocycles. The summed E-state index contributed by atoms with van der Waals surface area (Å²) < 4.78 is 0. The first-order chi connectivity index (χ1) is 8.41. The lowest BCUT2D eigenvalue weighted by molar-refractivity contribution is -0.124. The minimum Gasteiger partial charge on any atom is -0.355 e. The number of rotatable bonds is 5. The molecule has 3 unspecified atom stereocenters. The van der Waals surface area contributed by atoms with Gasteiger partial charge in [0, 0.05) is 18.5 Å². The van der Waals surface area contributed by atoms with Crippen molar-refractivity contribution in [2.75, 3.05) is 6.54 Å². The number of hydrogen-bond donors (Lipinski definition) is 2. The molecule has 0 saturated heterocycles. The second kappa shape index (κ2) is 8.18. The summed E-state index contributed by atoms with van der Waals surface area (Å²) in [5.74, 6) is 0.203. The molecular weight excluding hydrogens is 260 g/mol. The first-order valence-electron chi connectivity index (χ1n) is 6.51. The van der Waals surface area contributed by atoms with Gasteiger partial charge in [-0.05, 0) is 25.3 Å². The van der Waals surface area contributed by atoms with E-state index in [1.54, 1.807) is 0 Å². The predicted molar refractivity (Wildman–Crippen MR) is 82.7 cm³/mol. The maximum absolute atomic E-state index is 11.8. The van der Waals surface area contributed by atoms with Crippen molar-refractivity contribution in [3.63, 3.8) is 0 Å². The van der Waals surface area contributed by atoms with E-state index < -0.39 is 0 Å². The Kier molecular flexibility index (Phi) is 7.72. The molecule has 4 heteroatoms. The van der Waals surface area contributed by atoms with E-state index in [0.717, 1.165) is 0 Å². The zero-order chi connectivity index (χ0) is 13.7. The van der Waals surface area contributed by atoms with Crippen LogP contribution in [0.15, 0.2) is 24.3 Å². The third-order valence-corrected chi connectivity index (χ3v) is 3.43. The monoisotopic (exact) mass is 284 g/mol. The molecule has 1 amide bonds. The molecule has 0 bridgehead atoms. The van der Waals surface area contributed by atoms with Crippen molar-refractivity contribution < 1.29 is 4.79 Å². The van der Waals surface area contributed by atoms with Crippen LogP contribution in [0.5, 0.6) is 0 Å². The molecular formula is C15H25ClN2O. The maximum Gasteiger partial charge on any atom is 0.224 e. The fourth-order valence-electron chi connectivity index (χ4n) is 1.67. The summed E-state index contributed by atoms with van der Waals surface area (Å²) in [5, 5.41) is 2.96. The number of nitrogens with one attached hydrogen (secondary N) is 1. The third kappa shape index (κ3) is 5.62. The van der Waals surface area contributed by atoms with Gasteiger partial charge >= 0.3 is 0 Å². The molecule has 0 spiro atoms. The minimum atomic E-state index is -0.143. The summed E-state index contributed by atoms with van der Waals surface area (Å²) in [4.78, 5) is 11.8. The van der Waals surface area contributed by atoms with Crippen molar-refractivity contribution >= 4 is 18.3 Å². The van der Waals surface area contributed by atoms with E-state index in [-0.39, 0.29) is 30.3 Å². The van der Waals surface area contributed by atoms with E-state index in [2.05, 4.69) is 43.4 Å². The minimum absolute atomic E-state index is 0. The van der Waals surface area contributed by atoms with Crippen molar-refractivity contribution in [2.45, 2.75) is 39.7 Å². The predicted octanol–water partition coefficient (Wildman–Crippen LogP) is 2.62. The number of aryl methyl sites for hydroxylation is 1. The zero-order valence-corrected chi connectivity index (χ0v) is 13.0. The smallest absolute Gasteiger partial charge is 0.224 e. The van der Waals surface area contributed by atoms with Crippen molar-refractivity contribution in [1.29, 1.82) is 0 Å². The summed E-state index contributed by atoms with van der Waals surface area (Å²) >= 11 is 0. The molecule has 3 N–H and O–H groups in total. The van der Waals surface area contributed by atoms with E-state index in [9.17, 15) is 4.79 Å². The van der Waals surface area contributed by atoms with Crippen LogP contribution in [0.25, 0.3) is 0 Å². The van der Waals surface area contributed by atoms with Crippen LogP contribution in [-0.4, -0.2) is 18.5 Å². The highest BCUT2D eigenvalue weighted by atomic mass is 35.5. The lowest BCUT2D eigenvalue weighted by atomic mass is 9.99. The van der Waals surface area contributed by atoms with Gasteiger partial charge in [0.05, 0.1) is 0 Å². The summed E-state index contributed by atoms with van der Waals surface area (Å²) in [5.41, 5.74) is 8.21. The molecule has 108 valence electrons. The Morgan fingerprint density at radius 3 is 2.21 bits per heavy atom. The summed E-state index contributed by atoms with van der Waals surface area (Å²) in [7, 11) is 0. The van der Waals surface area contributed by atoms with Gasteiger partial charge in [0.15, 0.2) is 0 Å². The number of amides is 1. The van der Waals surface area contributed by atoms with Gasteiger partial charge in [-0.15, -0.1) is 12.4 Å². The molecule has 1 rings (SSSR count). The van der Waals surface area contributed by atoms with E-state index in [4.69, 9.17) is 5.73 Å². The normalized spacial score (nSPS) is 15.0. The average molecular weight is 285 g/mol. The second-order valence-corrected chi connectivity index (χ2v) is 5.20. The number of hydrogen-bond acceptors (Lipinski definition) is 2. The van der Waals surface area contributed by atoms with Crippen molar-refractivity contribution in [3.8, 4) is 0 Å². The maximum atomic E-state index is 11.8. The van der Waals surface area contributed by atoms with Gasteiger partial charge in [-0.2, -0.15) is 0 Å². The van der Waals surface area contributed by atoms with Crippen molar-refractivity contribution in [3.05, 3.63) is 35.4 Å². The highest BCUT2D eigenvalue weighted by Crippen LogP contribution is 2.15. The summed E-state index contributed by atoms with van der Waals surface area (Å²) in [6.07, 6.45) is 0. The van der Waals surface area contributed by atoms with Gasteiger partial charge in [0.2, 0.25) is 5.91 Å². The lowest BCUT2D eigenvalue weighted by Crippen LogP contribution is -2.39. The van der Waals surface area contributed by atoms with E-state index in [0.29, 0.717) is 12.5 Å². The number of halogens is 1. The molecule has 0 radical (unpaired) electrons. The third-order valence-electron chi connectivity index (χ3n) is 3.43. The topological polar surface area (TPSA) is 55.1 Å². The molecule has 0 saturated carbocycles. The first-order valence-corrected chi connectivity index (χ1v) is 6.51. The van der Waals surface area contributed by atoms with Gasteiger partial charge in [0.1, 0.15) is 0 Å². The Bertz CT molecular complexity index is 390. The van der Waals surface area contributed by atoms with Crippen molar-refractivity contribution in [2.24, 2.45) is 11.7 Å². The Balaban J connectivity index is 0.00000324. The second-order valence-electron chi connectivity index (χ2n) is 5.20. The fraction of sp³-hybridized carbons (Fsp3) is 0.533. The lowest BCUT2D eigenvalue weighted by Gasteiger charge is -2.18. The van der Waals surface area contributed by atoms with Gasteiger partial charge in [-0.25, -0.2) is 0 Å². The zero-order valence-electron chi connectivity index (χ0n) is 12.1. The van der Waals surface area contributed by atoms with Crippen molar-refractivity contribution in [1.82, 2.24) is 5.32 Å². The van der Waals surface area contributed by atoms with Gasteiger partial charge < -0.3 is 11.1 Å². The molecule has 0 fully saturated rings. The van der Waals surface area contributed by atoms with Crippen LogP contribution in [-0.2, 0) is 4.79 Å². The van der Waals surface area contributed by atoms with Crippen LogP contribution in [0.1, 0.15) is 37.8 Å². The highest BCUT2D eigenvalue weighted by Gasteiger charge is 2.17. The van der Waals surface area contributed by atoms with E-state index in [1.807, 2.05) is 13.8 Å². The van der Waals surface area contributed by atoms with E-state index in [1.165, 1.54) is 11.1 Å². The number of carbonyl (C=O) groups is 1. The molecule has 1 aromatic rings. The largest absolute Gasteiger partial charge is 0.355 e. The Morgan fingerprint density at radius 2 is 1.74 bits per heavy atom. The summed E-state index contributed by atoms with van der Waals surface area (Å²) in [6, 6.07) is 8.30. The Labute approximate surface area is 122 Å². The first kappa shape index (κ1) is 17.9. The fourth-order valence-corrected chi connectivity index (χ4v) is 1.67. The molecule has 19 heavy (non-hydrogen) atoms. The molecule has 0 aliphatic heterocycles. The molecule has 0 aliphatic rings. The summed E-state index contributed by atoms with van der Waals surface area (Å²) in [6.45, 7) is 8.55. The highest BCUT2D eigenvalue weighted by molar-refractivity contribution is 5.85. The molecule has 3 nitrogen and oxygen atoms in total. The van der Waals surface area contributed by atoms with Gasteiger partial charge in [-0.3, -0.25) is 4.79 Å². The Morgan fingerprint density at radius 1 is 1.21 bits per heavy atom. The molecule has 1 aromatic carbocycles. The number of benzene rings is 1. The molecule has 0 aromatic heterocycles. The van der Waals surface area contributed by atoms with Crippen LogP contribution >= 0.6 is 12.4 Å². The van der Waals surface area contributed by atoms with Crippen LogP contribution < -0.4 is 11.1 Å². The SMILES string of the molecule is Cc1ccc(C(C)CNC(=O)C(C)C(C)N)cc1.Cl. The van der Waals surface area contributed by atoms with Crippen LogP contribution in [0.3, 0.4) is 0 Å². The number of nitrogens with two attached hydrogens (primary N) is 1. The quantitative estimate of drug-likeness (QED) is 0.873. The van der Waals surface area contributed by atoms with Crippen LogP contribution in [0.4, 0.5) is 0 Å². The number of carbonyl (C=O) groups excluding carboxylic acids is 1. The standard InChI is InChI=1S/C15H24N2O.ClH/c1-10-5-7-14(8-6-10)11(2)9-17-15(18)12(3)13(4)16;/h5-8,11-13H,9,16H2,1-4H3,(H,17,18);1H. The average Bonchev–Trinajstić information content (AvgIpc) is 2.35.